The van der Waals surface area contributed by atoms with Gasteiger partial charge in [-0.3, -0.25) is 4.72 Å². The summed E-state index contributed by atoms with van der Waals surface area (Å²) in [4.78, 5) is -0.156. The van der Waals surface area contributed by atoms with E-state index in [-0.39, 0.29) is 9.92 Å². The van der Waals surface area contributed by atoms with Gasteiger partial charge in [-0.15, -0.1) is 0 Å². The monoisotopic (exact) mass is 370 g/mol. The largest absolute Gasteiger partial charge is 0.330 e. The molecule has 0 aliphatic heterocycles. The van der Waals surface area contributed by atoms with E-state index in [1.54, 1.807) is 12.1 Å². The van der Waals surface area contributed by atoms with Gasteiger partial charge in [0, 0.05) is 5.69 Å². The summed E-state index contributed by atoms with van der Waals surface area (Å²) in [6.45, 7) is 0.701. The zero-order valence-corrected chi connectivity index (χ0v) is 14.7. The molecule has 0 aromatic heterocycles. The molecule has 2 aromatic rings. The summed E-state index contributed by atoms with van der Waals surface area (Å²) in [5.74, 6) is -0.585. The van der Waals surface area contributed by atoms with Crippen LogP contribution >= 0.6 is 11.6 Å². The molecule has 2 rings (SSSR count). The van der Waals surface area contributed by atoms with Crippen molar-refractivity contribution in [1.29, 1.82) is 0 Å². The second-order valence-electron chi connectivity index (χ2n) is 5.48. The van der Waals surface area contributed by atoms with E-state index in [1.165, 1.54) is 0 Å². The van der Waals surface area contributed by atoms with E-state index >= 15 is 0 Å². The maximum absolute atomic E-state index is 13.1. The molecular formula is C17H20ClFN2O2S. The zero-order chi connectivity index (χ0) is 17.6. The Kier molecular flexibility index (Phi) is 6.60. The Morgan fingerprint density at radius 3 is 2.38 bits per heavy atom. The molecule has 0 spiro atoms. The molecule has 130 valence electrons. The van der Waals surface area contributed by atoms with Gasteiger partial charge >= 0.3 is 0 Å². The van der Waals surface area contributed by atoms with Crippen LogP contribution in [0.15, 0.2) is 47.4 Å². The molecular weight excluding hydrogens is 351 g/mol. The van der Waals surface area contributed by atoms with Gasteiger partial charge in [0.2, 0.25) is 0 Å². The van der Waals surface area contributed by atoms with Gasteiger partial charge in [0.15, 0.2) is 0 Å². The Labute approximate surface area is 146 Å². The minimum atomic E-state index is -3.86. The van der Waals surface area contributed by atoms with Gasteiger partial charge in [0.25, 0.3) is 10.0 Å². The summed E-state index contributed by atoms with van der Waals surface area (Å²) in [5, 5.41) is -0.154. The maximum Gasteiger partial charge on any atom is 0.263 e. The predicted octanol–water partition coefficient (Wildman–Crippen LogP) is 3.95. The Morgan fingerprint density at radius 2 is 1.75 bits per heavy atom. The van der Waals surface area contributed by atoms with E-state index in [1.807, 2.05) is 12.1 Å². The minimum Gasteiger partial charge on any atom is -0.330 e. The van der Waals surface area contributed by atoms with Crippen molar-refractivity contribution in [3.63, 3.8) is 0 Å². The number of rotatable bonds is 8. The van der Waals surface area contributed by atoms with Crippen molar-refractivity contribution < 1.29 is 12.8 Å². The first-order valence-electron chi connectivity index (χ1n) is 7.69. The van der Waals surface area contributed by atoms with Crippen LogP contribution < -0.4 is 10.5 Å². The van der Waals surface area contributed by atoms with Crippen molar-refractivity contribution in [2.45, 2.75) is 30.6 Å². The normalized spacial score (nSPS) is 11.5. The summed E-state index contributed by atoms with van der Waals surface area (Å²) in [6.07, 6.45) is 4.06. The van der Waals surface area contributed by atoms with Crippen LogP contribution in [-0.4, -0.2) is 15.0 Å². The van der Waals surface area contributed by atoms with Crippen molar-refractivity contribution in [2.24, 2.45) is 5.73 Å². The van der Waals surface area contributed by atoms with Gasteiger partial charge in [-0.25, -0.2) is 12.8 Å². The number of benzene rings is 2. The maximum atomic E-state index is 13.1. The summed E-state index contributed by atoms with van der Waals surface area (Å²) >= 11 is 5.82. The Balaban J connectivity index is 2.04. The first kappa shape index (κ1) is 18.7. The molecule has 0 atom stereocenters. The molecule has 0 saturated carbocycles. The van der Waals surface area contributed by atoms with Crippen LogP contribution in [0.3, 0.4) is 0 Å². The molecule has 0 radical (unpaired) electrons. The zero-order valence-electron chi connectivity index (χ0n) is 13.1. The Bertz CT molecular complexity index is 780. The van der Waals surface area contributed by atoms with Gasteiger partial charge in [0.05, 0.1) is 5.02 Å². The predicted molar refractivity (Wildman–Crippen MR) is 95.3 cm³/mol. The molecule has 7 heteroatoms. The first-order chi connectivity index (χ1) is 11.4. The molecule has 24 heavy (non-hydrogen) atoms. The lowest BCUT2D eigenvalue weighted by molar-refractivity contribution is 0.600. The van der Waals surface area contributed by atoms with Gasteiger partial charge in [-0.2, -0.15) is 0 Å². The minimum absolute atomic E-state index is 0.154. The van der Waals surface area contributed by atoms with Crippen LogP contribution in [-0.2, 0) is 16.4 Å². The average Bonchev–Trinajstić information content (AvgIpc) is 2.52. The van der Waals surface area contributed by atoms with E-state index < -0.39 is 15.8 Å². The third kappa shape index (κ3) is 5.19. The Hall–Kier alpha value is -1.63. The van der Waals surface area contributed by atoms with Crippen LogP contribution in [0.4, 0.5) is 10.1 Å². The standard InChI is InChI=1S/C17H20ClFN2O2S/c18-16-12-14(19)7-10-17(16)24(22,23)21-15-8-5-13(6-9-15)4-2-1-3-11-20/h5-10,12,21H,1-4,11,20H2. The number of aryl methyl sites for hydroxylation is 1. The third-order valence-corrected chi connectivity index (χ3v) is 5.42. The first-order valence-corrected chi connectivity index (χ1v) is 9.55. The molecule has 3 N–H and O–H groups in total. The van der Waals surface area contributed by atoms with Crippen LogP contribution in [0.2, 0.25) is 5.02 Å². The van der Waals surface area contributed by atoms with Crippen molar-refractivity contribution in [1.82, 2.24) is 0 Å². The van der Waals surface area contributed by atoms with E-state index in [2.05, 4.69) is 4.72 Å². The summed E-state index contributed by atoms with van der Waals surface area (Å²) in [5.41, 5.74) is 7.02. The fourth-order valence-electron chi connectivity index (χ4n) is 2.29. The smallest absolute Gasteiger partial charge is 0.263 e. The lowest BCUT2D eigenvalue weighted by Gasteiger charge is -2.10. The molecule has 0 aliphatic rings. The van der Waals surface area contributed by atoms with Crippen LogP contribution in [0, 0.1) is 5.82 Å². The second-order valence-corrected chi connectivity index (χ2v) is 7.53. The van der Waals surface area contributed by atoms with Crippen molar-refractivity contribution in [3.05, 3.63) is 58.9 Å². The van der Waals surface area contributed by atoms with Crippen LogP contribution in [0.25, 0.3) is 0 Å². The van der Waals surface area contributed by atoms with Crippen LogP contribution in [0.1, 0.15) is 24.8 Å². The summed E-state index contributed by atoms with van der Waals surface area (Å²) < 4.78 is 40.2. The van der Waals surface area contributed by atoms with Gasteiger partial charge in [-0.1, -0.05) is 30.2 Å². The number of nitrogens with two attached hydrogens (primary N) is 1. The molecule has 0 fully saturated rings. The van der Waals surface area contributed by atoms with Gasteiger partial charge in [-0.05, 0) is 61.7 Å². The lowest BCUT2D eigenvalue weighted by Crippen LogP contribution is -2.13. The fraction of sp³-hybridized carbons (Fsp3) is 0.294. The second kappa shape index (κ2) is 8.46. The molecule has 0 unspecified atom stereocenters. The third-order valence-electron chi connectivity index (χ3n) is 3.56. The number of hydrogen-bond donors (Lipinski definition) is 2. The number of unbranched alkanes of at least 4 members (excludes halogenated alkanes) is 2. The highest BCUT2D eigenvalue weighted by molar-refractivity contribution is 7.92. The molecule has 4 nitrogen and oxygen atoms in total. The van der Waals surface area contributed by atoms with Gasteiger partial charge < -0.3 is 5.73 Å². The number of sulfonamides is 1. The highest BCUT2D eigenvalue weighted by atomic mass is 35.5. The Morgan fingerprint density at radius 1 is 1.04 bits per heavy atom. The number of anilines is 1. The summed E-state index contributed by atoms with van der Waals surface area (Å²) in [7, 11) is -3.86. The van der Waals surface area contributed by atoms with E-state index in [4.69, 9.17) is 17.3 Å². The number of nitrogens with one attached hydrogen (secondary N) is 1. The van der Waals surface area contributed by atoms with E-state index in [9.17, 15) is 12.8 Å². The van der Waals surface area contributed by atoms with Crippen molar-refractivity contribution >= 4 is 27.3 Å². The molecule has 0 saturated heterocycles. The topological polar surface area (TPSA) is 72.2 Å². The molecule has 2 aromatic carbocycles. The highest BCUT2D eigenvalue weighted by Crippen LogP contribution is 2.24. The summed E-state index contributed by atoms with van der Waals surface area (Å²) in [6, 6.07) is 10.3. The van der Waals surface area contributed by atoms with Crippen molar-refractivity contribution in [3.8, 4) is 0 Å². The number of hydrogen-bond acceptors (Lipinski definition) is 3. The van der Waals surface area contributed by atoms with Crippen LogP contribution in [0.5, 0.6) is 0 Å². The molecule has 0 aliphatic carbocycles. The van der Waals surface area contributed by atoms with Crippen molar-refractivity contribution in [2.75, 3.05) is 11.3 Å². The van der Waals surface area contributed by atoms with Gasteiger partial charge in [0.1, 0.15) is 10.7 Å². The molecule has 0 amide bonds. The lowest BCUT2D eigenvalue weighted by atomic mass is 10.1. The quantitative estimate of drug-likeness (QED) is 0.691. The molecule has 0 heterocycles. The van der Waals surface area contributed by atoms with E-state index in [0.717, 1.165) is 49.4 Å². The average molecular weight is 371 g/mol. The highest BCUT2D eigenvalue weighted by Gasteiger charge is 2.18. The number of halogens is 2. The SMILES string of the molecule is NCCCCCc1ccc(NS(=O)(=O)c2ccc(F)cc2Cl)cc1. The molecule has 0 bridgehead atoms. The van der Waals surface area contributed by atoms with E-state index in [0.29, 0.717) is 12.2 Å². The fourth-order valence-corrected chi connectivity index (χ4v) is 3.88.